The predicted octanol–water partition coefficient (Wildman–Crippen LogP) is 2.68. The Morgan fingerprint density at radius 3 is 3.06 bits per heavy atom. The Morgan fingerprint density at radius 1 is 1.35 bits per heavy atom. The summed E-state index contributed by atoms with van der Waals surface area (Å²) in [5, 5.41) is 3.64. The molecule has 0 aliphatic carbocycles. The van der Waals surface area contributed by atoms with Gasteiger partial charge in [-0.15, -0.1) is 0 Å². The quantitative estimate of drug-likeness (QED) is 0.783. The fraction of sp³-hybridized carbons (Fsp3) is 0.467. The summed E-state index contributed by atoms with van der Waals surface area (Å²) in [6.07, 6.45) is 4.76. The van der Waals surface area contributed by atoms with Crippen LogP contribution in [-0.4, -0.2) is 30.6 Å². The van der Waals surface area contributed by atoms with Gasteiger partial charge in [0.25, 0.3) is 0 Å². The molecule has 2 nitrogen and oxygen atoms in total. The van der Waals surface area contributed by atoms with E-state index in [1.165, 1.54) is 42.8 Å². The van der Waals surface area contributed by atoms with Crippen molar-refractivity contribution in [1.82, 2.24) is 4.90 Å². The van der Waals surface area contributed by atoms with Gasteiger partial charge in [-0.3, -0.25) is 4.90 Å². The van der Waals surface area contributed by atoms with Crippen molar-refractivity contribution in [2.24, 2.45) is 0 Å². The third-order valence-electron chi connectivity index (χ3n) is 3.73. The summed E-state index contributed by atoms with van der Waals surface area (Å²) in [5.74, 6) is 0. The van der Waals surface area contributed by atoms with Crippen LogP contribution in [0.1, 0.15) is 18.9 Å². The number of nitrogens with one attached hydrogen (secondary N) is 1. The predicted molar refractivity (Wildman–Crippen MR) is 72.4 cm³/mol. The van der Waals surface area contributed by atoms with E-state index in [1.54, 1.807) is 0 Å². The van der Waals surface area contributed by atoms with Crippen LogP contribution in [-0.2, 0) is 6.42 Å². The second-order valence-corrected chi connectivity index (χ2v) is 5.28. The van der Waals surface area contributed by atoms with Crippen molar-refractivity contribution >= 4 is 5.69 Å². The van der Waals surface area contributed by atoms with Crippen LogP contribution in [0.5, 0.6) is 0 Å². The summed E-state index contributed by atoms with van der Waals surface area (Å²) >= 11 is 0. The number of hydrogen-bond donors (Lipinski definition) is 1. The highest BCUT2D eigenvalue weighted by Crippen LogP contribution is 2.25. The molecule has 0 amide bonds. The molecule has 3 rings (SSSR count). The molecule has 0 aromatic heterocycles. The van der Waals surface area contributed by atoms with Gasteiger partial charge in [0.2, 0.25) is 0 Å². The topological polar surface area (TPSA) is 15.3 Å². The van der Waals surface area contributed by atoms with Crippen molar-refractivity contribution in [1.29, 1.82) is 0 Å². The Hall–Kier alpha value is -1.28. The Kier molecular flexibility index (Phi) is 2.89. The van der Waals surface area contributed by atoms with Gasteiger partial charge >= 0.3 is 0 Å². The van der Waals surface area contributed by atoms with E-state index in [0.717, 1.165) is 6.54 Å². The first-order chi connectivity index (χ1) is 8.31. The van der Waals surface area contributed by atoms with Crippen LogP contribution in [0.25, 0.3) is 0 Å². The Balaban J connectivity index is 1.61. The number of fused-ring (bicyclic) bond motifs is 1. The SMILES string of the molecule is CC1=CCCN(C[C@@H]2Cc3ccccc3N2)C1. The fourth-order valence-electron chi connectivity index (χ4n) is 2.94. The zero-order chi connectivity index (χ0) is 11.7. The zero-order valence-electron chi connectivity index (χ0n) is 10.4. The zero-order valence-corrected chi connectivity index (χ0v) is 10.4. The van der Waals surface area contributed by atoms with Crippen LogP contribution in [0.4, 0.5) is 5.69 Å². The van der Waals surface area contributed by atoms with E-state index in [2.05, 4.69) is 47.5 Å². The highest BCUT2D eigenvalue weighted by molar-refractivity contribution is 5.56. The monoisotopic (exact) mass is 228 g/mol. The first-order valence-corrected chi connectivity index (χ1v) is 6.54. The van der Waals surface area contributed by atoms with Gasteiger partial charge in [-0.05, 0) is 31.4 Å². The van der Waals surface area contributed by atoms with Crippen LogP contribution < -0.4 is 5.32 Å². The molecule has 0 saturated carbocycles. The van der Waals surface area contributed by atoms with E-state index in [9.17, 15) is 0 Å². The summed E-state index contributed by atoms with van der Waals surface area (Å²) < 4.78 is 0. The average Bonchev–Trinajstić information content (AvgIpc) is 2.71. The second kappa shape index (κ2) is 4.53. The minimum Gasteiger partial charge on any atom is -0.380 e. The first kappa shape index (κ1) is 10.8. The van der Waals surface area contributed by atoms with Crippen LogP contribution in [0, 0.1) is 0 Å². The lowest BCUT2D eigenvalue weighted by Crippen LogP contribution is -2.38. The molecule has 0 spiro atoms. The maximum Gasteiger partial charge on any atom is 0.0429 e. The lowest BCUT2D eigenvalue weighted by atomic mass is 10.1. The molecule has 2 aliphatic rings. The van der Waals surface area contributed by atoms with Crippen molar-refractivity contribution in [2.45, 2.75) is 25.8 Å². The van der Waals surface area contributed by atoms with Gasteiger partial charge in [-0.1, -0.05) is 29.8 Å². The highest BCUT2D eigenvalue weighted by atomic mass is 15.2. The maximum absolute atomic E-state index is 3.64. The minimum absolute atomic E-state index is 0.596. The molecule has 2 aliphatic heterocycles. The van der Waals surface area contributed by atoms with Gasteiger partial charge < -0.3 is 5.32 Å². The van der Waals surface area contributed by atoms with Gasteiger partial charge in [-0.25, -0.2) is 0 Å². The van der Waals surface area contributed by atoms with Crippen molar-refractivity contribution in [3.8, 4) is 0 Å². The second-order valence-electron chi connectivity index (χ2n) is 5.28. The Labute approximate surface area is 103 Å². The molecular formula is C15H20N2. The molecule has 17 heavy (non-hydrogen) atoms. The largest absolute Gasteiger partial charge is 0.380 e. The van der Waals surface area contributed by atoms with E-state index < -0.39 is 0 Å². The summed E-state index contributed by atoms with van der Waals surface area (Å²) in [5.41, 5.74) is 4.33. The van der Waals surface area contributed by atoms with Crippen molar-refractivity contribution in [2.75, 3.05) is 25.0 Å². The van der Waals surface area contributed by atoms with Crippen molar-refractivity contribution < 1.29 is 0 Å². The third-order valence-corrected chi connectivity index (χ3v) is 3.73. The normalized spacial score (nSPS) is 24.1. The molecular weight excluding hydrogens is 208 g/mol. The van der Waals surface area contributed by atoms with Crippen LogP contribution in [0.2, 0.25) is 0 Å². The van der Waals surface area contributed by atoms with E-state index >= 15 is 0 Å². The van der Waals surface area contributed by atoms with E-state index in [1.807, 2.05) is 0 Å². The van der Waals surface area contributed by atoms with Crippen molar-refractivity contribution in [3.63, 3.8) is 0 Å². The van der Waals surface area contributed by atoms with Gasteiger partial charge in [0.15, 0.2) is 0 Å². The van der Waals surface area contributed by atoms with Gasteiger partial charge in [0.1, 0.15) is 0 Å². The Morgan fingerprint density at radius 2 is 2.24 bits per heavy atom. The molecule has 1 atom stereocenters. The summed E-state index contributed by atoms with van der Waals surface area (Å²) in [6, 6.07) is 9.28. The summed E-state index contributed by atoms with van der Waals surface area (Å²) in [7, 11) is 0. The average molecular weight is 228 g/mol. The molecule has 90 valence electrons. The number of hydrogen-bond acceptors (Lipinski definition) is 2. The van der Waals surface area contributed by atoms with Gasteiger partial charge in [0.05, 0.1) is 0 Å². The van der Waals surface area contributed by atoms with E-state index in [4.69, 9.17) is 0 Å². The molecule has 2 heterocycles. The van der Waals surface area contributed by atoms with E-state index in [-0.39, 0.29) is 0 Å². The molecule has 0 unspecified atom stereocenters. The molecule has 0 bridgehead atoms. The number of nitrogens with zero attached hydrogens (tertiary/aromatic N) is 1. The standard InChI is InChI=1S/C15H20N2/c1-12-5-4-8-17(10-12)11-14-9-13-6-2-3-7-15(13)16-14/h2-3,5-7,14,16H,4,8-11H2,1H3/t14-/m0/s1. The van der Waals surface area contributed by atoms with Gasteiger partial charge in [-0.2, -0.15) is 0 Å². The molecule has 1 aromatic carbocycles. The fourth-order valence-corrected chi connectivity index (χ4v) is 2.94. The smallest absolute Gasteiger partial charge is 0.0429 e. The third kappa shape index (κ3) is 2.37. The first-order valence-electron chi connectivity index (χ1n) is 6.54. The van der Waals surface area contributed by atoms with Crippen molar-refractivity contribution in [3.05, 3.63) is 41.5 Å². The van der Waals surface area contributed by atoms with Crippen LogP contribution in [0.3, 0.4) is 0 Å². The lowest BCUT2D eigenvalue weighted by Gasteiger charge is -2.28. The molecule has 2 heteroatoms. The molecule has 1 aromatic rings. The minimum atomic E-state index is 0.596. The molecule has 0 radical (unpaired) electrons. The highest BCUT2D eigenvalue weighted by Gasteiger charge is 2.22. The molecule has 0 saturated heterocycles. The number of benzene rings is 1. The Bertz CT molecular complexity index is 411. The number of anilines is 1. The van der Waals surface area contributed by atoms with E-state index in [0.29, 0.717) is 6.04 Å². The molecule has 1 N–H and O–H groups in total. The number of rotatable bonds is 2. The van der Waals surface area contributed by atoms with Crippen LogP contribution >= 0.6 is 0 Å². The maximum atomic E-state index is 3.64. The number of para-hydroxylation sites is 1. The lowest BCUT2D eigenvalue weighted by molar-refractivity contribution is 0.279. The summed E-state index contributed by atoms with van der Waals surface area (Å²) in [4.78, 5) is 2.57. The van der Waals surface area contributed by atoms with Crippen LogP contribution in [0.15, 0.2) is 35.9 Å². The van der Waals surface area contributed by atoms with Gasteiger partial charge in [0, 0.05) is 31.4 Å². The summed E-state index contributed by atoms with van der Waals surface area (Å²) in [6.45, 7) is 5.77. The molecule has 0 fully saturated rings.